The number of benzene rings is 1. The molecule has 3 unspecified atom stereocenters. The molecule has 1 aromatic rings. The molecule has 0 bridgehead atoms. The predicted molar refractivity (Wildman–Crippen MR) is 139 cm³/mol. The standard InChI is InChI=1S/C29H53NO2/c1-4-5-6-7-8-9-10-11-12-13-14-15-19-22-29(23-28-20-17-16-18-21-28)30(24-26(2)31)25-27(3)32/h16-18,20-21,26-27,29,31-32H,4-15,19,22-25H2,1-3H3. The van der Waals surface area contributed by atoms with Crippen molar-refractivity contribution >= 4 is 0 Å². The lowest BCUT2D eigenvalue weighted by Gasteiger charge is -2.34. The zero-order valence-electron chi connectivity index (χ0n) is 21.5. The molecular formula is C29H53NO2. The van der Waals surface area contributed by atoms with Crippen molar-refractivity contribution in [2.24, 2.45) is 0 Å². The van der Waals surface area contributed by atoms with Crippen molar-refractivity contribution in [3.63, 3.8) is 0 Å². The fourth-order valence-corrected chi connectivity index (χ4v) is 4.75. The highest BCUT2D eigenvalue weighted by Crippen LogP contribution is 2.19. The minimum Gasteiger partial charge on any atom is -0.392 e. The van der Waals surface area contributed by atoms with Gasteiger partial charge in [-0.1, -0.05) is 121 Å². The van der Waals surface area contributed by atoms with Crippen LogP contribution in [0.4, 0.5) is 0 Å². The molecule has 0 aromatic heterocycles. The summed E-state index contributed by atoms with van der Waals surface area (Å²) in [6.45, 7) is 7.23. The van der Waals surface area contributed by atoms with Gasteiger partial charge in [-0.2, -0.15) is 0 Å². The molecule has 186 valence electrons. The molecule has 0 spiro atoms. The summed E-state index contributed by atoms with van der Waals surface area (Å²) in [5, 5.41) is 20.0. The summed E-state index contributed by atoms with van der Waals surface area (Å²) in [4.78, 5) is 2.31. The van der Waals surface area contributed by atoms with Crippen LogP contribution in [0.25, 0.3) is 0 Å². The van der Waals surface area contributed by atoms with E-state index in [1.165, 1.54) is 89.0 Å². The Morgan fingerprint density at radius 3 is 1.53 bits per heavy atom. The molecule has 0 aliphatic carbocycles. The number of rotatable bonds is 21. The van der Waals surface area contributed by atoms with Gasteiger partial charge in [-0.05, 0) is 32.3 Å². The highest BCUT2D eigenvalue weighted by Gasteiger charge is 2.21. The predicted octanol–water partition coefficient (Wildman–Crippen LogP) is 7.14. The Morgan fingerprint density at radius 1 is 0.656 bits per heavy atom. The van der Waals surface area contributed by atoms with Gasteiger partial charge in [0.15, 0.2) is 0 Å². The first-order valence-corrected chi connectivity index (χ1v) is 13.7. The van der Waals surface area contributed by atoms with Gasteiger partial charge in [0.2, 0.25) is 0 Å². The average Bonchev–Trinajstić information content (AvgIpc) is 2.75. The number of aliphatic hydroxyl groups is 2. The topological polar surface area (TPSA) is 43.7 Å². The summed E-state index contributed by atoms with van der Waals surface area (Å²) in [6, 6.07) is 11.0. The van der Waals surface area contributed by atoms with E-state index in [1.807, 2.05) is 13.8 Å². The maximum absolute atomic E-state index is 10.0. The van der Waals surface area contributed by atoms with Gasteiger partial charge in [-0.15, -0.1) is 0 Å². The number of nitrogens with zero attached hydrogens (tertiary/aromatic N) is 1. The van der Waals surface area contributed by atoms with Crippen molar-refractivity contribution in [1.82, 2.24) is 4.90 Å². The van der Waals surface area contributed by atoms with Crippen LogP contribution in [0.2, 0.25) is 0 Å². The molecule has 3 nitrogen and oxygen atoms in total. The van der Waals surface area contributed by atoms with Crippen molar-refractivity contribution in [2.45, 2.75) is 135 Å². The molecule has 0 aliphatic heterocycles. The fraction of sp³-hybridized carbons (Fsp3) is 0.793. The second-order valence-electron chi connectivity index (χ2n) is 10.0. The molecule has 3 heteroatoms. The van der Waals surface area contributed by atoms with E-state index in [0.29, 0.717) is 19.1 Å². The molecule has 0 saturated heterocycles. The first kappa shape index (κ1) is 29.1. The van der Waals surface area contributed by atoms with E-state index in [4.69, 9.17) is 0 Å². The summed E-state index contributed by atoms with van der Waals surface area (Å²) >= 11 is 0. The van der Waals surface area contributed by atoms with E-state index in [-0.39, 0.29) is 12.2 Å². The maximum atomic E-state index is 10.0. The van der Waals surface area contributed by atoms with Crippen molar-refractivity contribution in [2.75, 3.05) is 13.1 Å². The van der Waals surface area contributed by atoms with Gasteiger partial charge < -0.3 is 10.2 Å². The summed E-state index contributed by atoms with van der Waals surface area (Å²) in [5.74, 6) is 0. The molecule has 0 heterocycles. The van der Waals surface area contributed by atoms with Crippen LogP contribution >= 0.6 is 0 Å². The van der Waals surface area contributed by atoms with Crippen LogP contribution in [-0.4, -0.2) is 46.5 Å². The number of hydrogen-bond acceptors (Lipinski definition) is 3. The second-order valence-corrected chi connectivity index (χ2v) is 10.0. The highest BCUT2D eigenvalue weighted by atomic mass is 16.3. The number of aliphatic hydroxyl groups excluding tert-OH is 2. The maximum Gasteiger partial charge on any atom is 0.0639 e. The lowest BCUT2D eigenvalue weighted by atomic mass is 9.97. The van der Waals surface area contributed by atoms with Crippen molar-refractivity contribution < 1.29 is 10.2 Å². The molecule has 0 fully saturated rings. The fourth-order valence-electron chi connectivity index (χ4n) is 4.75. The third-order valence-electron chi connectivity index (χ3n) is 6.47. The van der Waals surface area contributed by atoms with Crippen molar-refractivity contribution in [1.29, 1.82) is 0 Å². The number of unbranched alkanes of at least 4 members (excludes halogenated alkanes) is 12. The number of hydrogen-bond donors (Lipinski definition) is 2. The van der Waals surface area contributed by atoms with Crippen LogP contribution in [0.5, 0.6) is 0 Å². The molecular weight excluding hydrogens is 394 g/mol. The van der Waals surface area contributed by atoms with Gasteiger partial charge in [0.25, 0.3) is 0 Å². The van der Waals surface area contributed by atoms with Gasteiger partial charge >= 0.3 is 0 Å². The molecule has 1 aromatic carbocycles. The molecule has 1 rings (SSSR count). The Morgan fingerprint density at radius 2 is 1.09 bits per heavy atom. The zero-order valence-corrected chi connectivity index (χ0v) is 21.5. The lowest BCUT2D eigenvalue weighted by Crippen LogP contribution is -2.44. The van der Waals surface area contributed by atoms with Crippen LogP contribution in [0.1, 0.15) is 116 Å². The first-order chi connectivity index (χ1) is 15.5. The van der Waals surface area contributed by atoms with E-state index in [1.54, 1.807) is 0 Å². The normalized spacial score (nSPS) is 14.6. The van der Waals surface area contributed by atoms with Gasteiger partial charge in [-0.25, -0.2) is 0 Å². The van der Waals surface area contributed by atoms with Crippen LogP contribution < -0.4 is 0 Å². The van der Waals surface area contributed by atoms with E-state index in [2.05, 4.69) is 42.2 Å². The van der Waals surface area contributed by atoms with Gasteiger partial charge in [-0.3, -0.25) is 4.90 Å². The summed E-state index contributed by atoms with van der Waals surface area (Å²) in [5.41, 5.74) is 1.34. The highest BCUT2D eigenvalue weighted by molar-refractivity contribution is 5.16. The minimum atomic E-state index is -0.376. The first-order valence-electron chi connectivity index (χ1n) is 13.7. The smallest absolute Gasteiger partial charge is 0.0639 e. The summed E-state index contributed by atoms with van der Waals surface area (Å²) < 4.78 is 0. The van der Waals surface area contributed by atoms with Crippen molar-refractivity contribution in [3.8, 4) is 0 Å². The van der Waals surface area contributed by atoms with E-state index in [9.17, 15) is 10.2 Å². The SMILES string of the molecule is CCCCCCCCCCCCCCCC(Cc1ccccc1)N(CC(C)O)CC(C)O. The molecule has 0 amide bonds. The molecule has 0 saturated carbocycles. The van der Waals surface area contributed by atoms with Crippen LogP contribution in [0, 0.1) is 0 Å². The average molecular weight is 448 g/mol. The molecule has 2 N–H and O–H groups in total. The van der Waals surface area contributed by atoms with Gasteiger partial charge in [0.05, 0.1) is 12.2 Å². The summed E-state index contributed by atoms with van der Waals surface area (Å²) in [6.07, 6.45) is 19.2. The van der Waals surface area contributed by atoms with E-state index in [0.717, 1.165) is 12.8 Å². The van der Waals surface area contributed by atoms with Crippen molar-refractivity contribution in [3.05, 3.63) is 35.9 Å². The molecule has 32 heavy (non-hydrogen) atoms. The van der Waals surface area contributed by atoms with Crippen LogP contribution in [-0.2, 0) is 6.42 Å². The monoisotopic (exact) mass is 447 g/mol. The van der Waals surface area contributed by atoms with Gasteiger partial charge in [0.1, 0.15) is 0 Å². The third kappa shape index (κ3) is 15.8. The second kappa shape index (κ2) is 19.6. The Kier molecular flexibility index (Phi) is 17.8. The van der Waals surface area contributed by atoms with Crippen LogP contribution in [0.3, 0.4) is 0 Å². The zero-order chi connectivity index (χ0) is 23.4. The van der Waals surface area contributed by atoms with Crippen LogP contribution in [0.15, 0.2) is 30.3 Å². The van der Waals surface area contributed by atoms with E-state index < -0.39 is 0 Å². The van der Waals surface area contributed by atoms with Gasteiger partial charge in [0, 0.05) is 19.1 Å². The molecule has 0 radical (unpaired) electrons. The largest absolute Gasteiger partial charge is 0.392 e. The molecule has 3 atom stereocenters. The van der Waals surface area contributed by atoms with E-state index >= 15 is 0 Å². The quantitative estimate of drug-likeness (QED) is 0.197. The summed E-state index contributed by atoms with van der Waals surface area (Å²) in [7, 11) is 0. The molecule has 0 aliphatic rings. The Hall–Kier alpha value is -0.900. The Labute approximate surface area is 199 Å². The Balaban J connectivity index is 2.30. The lowest BCUT2D eigenvalue weighted by molar-refractivity contribution is 0.0534. The third-order valence-corrected chi connectivity index (χ3v) is 6.47. The minimum absolute atomic E-state index is 0.370. The Bertz CT molecular complexity index is 507.